The summed E-state index contributed by atoms with van der Waals surface area (Å²) < 4.78 is 0.563. The standard InChI is InChI=1S/C8H11NO.C6H14N2O2/c1-3-7-8(10)5-4-6(2)9-7;1-8(2,3)7-5-4-6(9)10/h4-5,10H,3H2,1-2H3;7H,4-5H2,1-3H3. The molecular weight excluding hydrogens is 258 g/mol. The van der Waals surface area contributed by atoms with Crippen LogP contribution >= 0.6 is 0 Å². The van der Waals surface area contributed by atoms with Crippen molar-refractivity contribution in [1.82, 2.24) is 10.4 Å². The highest BCUT2D eigenvalue weighted by molar-refractivity contribution is 5.64. The number of carbonyl (C=O) groups is 1. The fourth-order valence-corrected chi connectivity index (χ4v) is 1.36. The molecule has 0 saturated carbocycles. The quantitative estimate of drug-likeness (QED) is 0.586. The molecule has 6 heteroatoms. The molecule has 114 valence electrons. The van der Waals surface area contributed by atoms with Crippen LogP contribution in [-0.4, -0.2) is 48.3 Å². The number of aromatic nitrogens is 1. The highest BCUT2D eigenvalue weighted by Gasteiger charge is 2.03. The highest BCUT2D eigenvalue weighted by Crippen LogP contribution is 2.14. The molecule has 0 fully saturated rings. The molecule has 1 rings (SSSR count). The molecule has 0 unspecified atom stereocenters. The van der Waals surface area contributed by atoms with E-state index < -0.39 is 5.97 Å². The van der Waals surface area contributed by atoms with Crippen molar-refractivity contribution < 1.29 is 19.6 Å². The smallest absolute Gasteiger partial charge is 0.137 e. The molecule has 1 aromatic rings. The van der Waals surface area contributed by atoms with Crippen LogP contribution in [0.15, 0.2) is 12.1 Å². The van der Waals surface area contributed by atoms with Crippen LogP contribution in [0.2, 0.25) is 0 Å². The van der Waals surface area contributed by atoms with Crippen molar-refractivity contribution in [3.63, 3.8) is 0 Å². The Morgan fingerprint density at radius 1 is 1.40 bits per heavy atom. The number of nitrogens with one attached hydrogen (secondary N) is 1. The Bertz CT molecular complexity index is 428. The monoisotopic (exact) mass is 283 g/mol. The van der Waals surface area contributed by atoms with E-state index in [2.05, 4.69) is 10.4 Å². The lowest BCUT2D eigenvalue weighted by molar-refractivity contribution is -0.915. The van der Waals surface area contributed by atoms with Gasteiger partial charge in [0.05, 0.1) is 26.8 Å². The Morgan fingerprint density at radius 2 is 2.00 bits per heavy atom. The number of aliphatic carboxylic acids is 1. The molecule has 1 aromatic heterocycles. The van der Waals surface area contributed by atoms with E-state index in [1.807, 2.05) is 35.0 Å². The van der Waals surface area contributed by atoms with Crippen molar-refractivity contribution in [3.8, 4) is 5.75 Å². The van der Waals surface area contributed by atoms with Crippen LogP contribution in [0.25, 0.3) is 0 Å². The van der Waals surface area contributed by atoms with Gasteiger partial charge in [-0.05, 0) is 25.5 Å². The summed E-state index contributed by atoms with van der Waals surface area (Å²) in [4.78, 5) is 14.1. The first-order valence-electron chi connectivity index (χ1n) is 6.57. The Labute approximate surface area is 120 Å². The highest BCUT2D eigenvalue weighted by atomic mass is 16.4. The number of carboxylic acid groups (broad SMARTS) is 1. The predicted molar refractivity (Wildman–Crippen MR) is 75.7 cm³/mol. The Balaban J connectivity index is 0.000000361. The molecule has 0 aliphatic heterocycles. The van der Waals surface area contributed by atoms with E-state index >= 15 is 0 Å². The zero-order valence-corrected chi connectivity index (χ0v) is 12.9. The Morgan fingerprint density at radius 3 is 2.40 bits per heavy atom. The summed E-state index contributed by atoms with van der Waals surface area (Å²) in [6, 6.07) is 3.48. The maximum absolute atomic E-state index is 9.93. The first-order valence-corrected chi connectivity index (χ1v) is 6.57. The van der Waals surface area contributed by atoms with Gasteiger partial charge in [0, 0.05) is 24.6 Å². The molecule has 0 spiro atoms. The number of rotatable bonds is 5. The van der Waals surface area contributed by atoms with E-state index in [1.165, 1.54) is 0 Å². The topological polar surface area (TPSA) is 85.3 Å². The van der Waals surface area contributed by atoms with Gasteiger partial charge in [-0.25, -0.2) is 0 Å². The third kappa shape index (κ3) is 9.29. The van der Waals surface area contributed by atoms with Gasteiger partial charge < -0.3 is 15.0 Å². The van der Waals surface area contributed by atoms with E-state index in [4.69, 9.17) is 0 Å². The third-order valence-electron chi connectivity index (χ3n) is 2.34. The number of aryl methyl sites for hydroxylation is 2. The van der Waals surface area contributed by atoms with Gasteiger partial charge in [-0.1, -0.05) is 6.92 Å². The van der Waals surface area contributed by atoms with Gasteiger partial charge >= 0.3 is 0 Å². The van der Waals surface area contributed by atoms with E-state index in [-0.39, 0.29) is 6.42 Å². The first-order chi connectivity index (χ1) is 9.15. The molecule has 0 amide bonds. The molecule has 0 saturated heterocycles. The van der Waals surface area contributed by atoms with Crippen LogP contribution < -0.4 is 10.5 Å². The molecule has 0 radical (unpaired) electrons. The number of carbonyl (C=O) groups excluding carboxylic acids is 1. The fraction of sp³-hybridized carbons (Fsp3) is 0.571. The van der Waals surface area contributed by atoms with E-state index in [0.29, 0.717) is 16.9 Å². The van der Waals surface area contributed by atoms with E-state index in [9.17, 15) is 15.0 Å². The minimum atomic E-state index is -1.01. The van der Waals surface area contributed by atoms with Crippen molar-refractivity contribution in [3.05, 3.63) is 23.5 Å². The summed E-state index contributed by atoms with van der Waals surface area (Å²) in [5.41, 5.74) is 4.70. The molecule has 0 atom stereocenters. The SMILES string of the molecule is CCc1nc(C)ccc1O.C[N+](C)(C)NCCC(=O)[O-]. The lowest BCUT2D eigenvalue weighted by atomic mass is 10.2. The summed E-state index contributed by atoms with van der Waals surface area (Å²) in [5, 5.41) is 19.1. The molecule has 6 nitrogen and oxygen atoms in total. The van der Waals surface area contributed by atoms with Gasteiger partial charge in [0.2, 0.25) is 0 Å². The zero-order chi connectivity index (χ0) is 15.8. The van der Waals surface area contributed by atoms with Crippen LogP contribution in [-0.2, 0) is 11.2 Å². The van der Waals surface area contributed by atoms with Gasteiger partial charge in [0.15, 0.2) is 0 Å². The van der Waals surface area contributed by atoms with Crippen LogP contribution in [0, 0.1) is 6.92 Å². The second-order valence-corrected chi connectivity index (χ2v) is 5.31. The van der Waals surface area contributed by atoms with Gasteiger partial charge in [-0.3, -0.25) is 9.58 Å². The number of nitrogens with zero attached hydrogens (tertiary/aromatic N) is 2. The summed E-state index contributed by atoms with van der Waals surface area (Å²) in [6.45, 7) is 4.34. The largest absolute Gasteiger partial charge is 0.550 e. The third-order valence-corrected chi connectivity index (χ3v) is 2.34. The molecule has 0 aromatic carbocycles. The van der Waals surface area contributed by atoms with Gasteiger partial charge in [0.25, 0.3) is 0 Å². The molecule has 0 aliphatic rings. The fourth-order valence-electron chi connectivity index (χ4n) is 1.36. The zero-order valence-electron chi connectivity index (χ0n) is 12.9. The predicted octanol–water partition coefficient (Wildman–Crippen LogP) is -0.00478. The number of pyridine rings is 1. The van der Waals surface area contributed by atoms with Crippen LogP contribution in [0.1, 0.15) is 24.7 Å². The van der Waals surface area contributed by atoms with Crippen molar-refractivity contribution >= 4 is 5.97 Å². The summed E-state index contributed by atoms with van der Waals surface area (Å²) >= 11 is 0. The van der Waals surface area contributed by atoms with Gasteiger partial charge in [0.1, 0.15) is 5.75 Å². The maximum Gasteiger partial charge on any atom is 0.137 e. The molecule has 0 aliphatic carbocycles. The molecule has 2 N–H and O–H groups in total. The number of aromatic hydroxyl groups is 1. The minimum absolute atomic E-state index is 0.0650. The van der Waals surface area contributed by atoms with Crippen molar-refractivity contribution in [2.45, 2.75) is 26.7 Å². The summed E-state index contributed by atoms with van der Waals surface area (Å²) in [7, 11) is 5.78. The second-order valence-electron chi connectivity index (χ2n) is 5.31. The molecular formula is C14H25N3O3. The minimum Gasteiger partial charge on any atom is -0.550 e. The maximum atomic E-state index is 9.93. The van der Waals surface area contributed by atoms with E-state index in [1.54, 1.807) is 12.1 Å². The Kier molecular flexibility index (Phi) is 7.79. The molecule has 0 bridgehead atoms. The van der Waals surface area contributed by atoms with Crippen LogP contribution in [0.3, 0.4) is 0 Å². The normalized spacial score (nSPS) is 10.7. The number of carboxylic acids is 1. The number of hydrogen-bond donors (Lipinski definition) is 2. The van der Waals surface area contributed by atoms with Crippen molar-refractivity contribution in [2.75, 3.05) is 27.7 Å². The summed E-state index contributed by atoms with van der Waals surface area (Å²) in [5.74, 6) is -0.714. The number of hydrogen-bond acceptors (Lipinski definition) is 5. The molecule has 1 heterocycles. The van der Waals surface area contributed by atoms with Crippen LogP contribution in [0.5, 0.6) is 5.75 Å². The first kappa shape index (κ1) is 18.3. The van der Waals surface area contributed by atoms with Gasteiger partial charge in [-0.2, -0.15) is 5.43 Å². The Hall–Kier alpha value is -1.66. The molecule has 20 heavy (non-hydrogen) atoms. The lowest BCUT2D eigenvalue weighted by Gasteiger charge is -2.23. The second kappa shape index (κ2) is 8.50. The number of quaternary nitrogens is 1. The van der Waals surface area contributed by atoms with Crippen molar-refractivity contribution in [1.29, 1.82) is 0 Å². The van der Waals surface area contributed by atoms with Crippen LogP contribution in [0.4, 0.5) is 0 Å². The van der Waals surface area contributed by atoms with Crippen molar-refractivity contribution in [2.24, 2.45) is 0 Å². The lowest BCUT2D eigenvalue weighted by Crippen LogP contribution is -2.49. The van der Waals surface area contributed by atoms with E-state index in [0.717, 1.165) is 17.8 Å². The van der Waals surface area contributed by atoms with Gasteiger partial charge in [-0.15, -0.1) is 0 Å². The average molecular weight is 283 g/mol. The average Bonchev–Trinajstić information content (AvgIpc) is 2.31. The summed E-state index contributed by atoms with van der Waals surface area (Å²) in [6.07, 6.45) is 0.850.